The predicted octanol–water partition coefficient (Wildman–Crippen LogP) is 5.75. The number of hydrogen-bond donors (Lipinski definition) is 2. The van der Waals surface area contributed by atoms with Gasteiger partial charge in [0.15, 0.2) is 6.29 Å². The number of aliphatic hydroxyl groups excluding tert-OH is 1. The Morgan fingerprint density at radius 1 is 0.776 bits per heavy atom. The first-order chi connectivity index (χ1) is 23.9. The number of aliphatic hydroxyl groups is 1. The van der Waals surface area contributed by atoms with Gasteiger partial charge in [0.1, 0.15) is 0 Å². The minimum absolute atomic E-state index is 0.0165. The van der Waals surface area contributed by atoms with Gasteiger partial charge in [-0.05, 0) is 60.4 Å². The molecular weight excluding hydrogens is 620 g/mol. The smallest absolute Gasteiger partial charge is 0.326 e. The van der Waals surface area contributed by atoms with Crippen LogP contribution in [0.25, 0.3) is 11.0 Å². The standard InChI is InChI=1S/C39H38N4O6/c1-24-34(22-41-20-18-29(19-21-41)42-33-9-5-4-8-32(33)40-39(42)47)48-38(49-35(24)26-12-10-25(23-44)11-13-26)27-14-16-28(17-15-27)43-36(45)30-6-2-3-7-31(30)37(43)46/h2-17,24,29,34-35,38,44H,18-23H2,1H3,(H,40,47)/t24-,34+,35+,38+/m1/s1. The molecule has 4 atom stereocenters. The fourth-order valence-corrected chi connectivity index (χ4v) is 7.58. The highest BCUT2D eigenvalue weighted by molar-refractivity contribution is 6.34. The third-order valence-corrected chi connectivity index (χ3v) is 10.3. The van der Waals surface area contributed by atoms with Crippen molar-refractivity contribution < 1.29 is 24.2 Å². The van der Waals surface area contributed by atoms with Crippen LogP contribution >= 0.6 is 0 Å². The Balaban J connectivity index is 1.01. The molecule has 8 rings (SSSR count). The van der Waals surface area contributed by atoms with Crippen molar-refractivity contribution in [3.8, 4) is 0 Å². The Hall–Kier alpha value is -4.87. The molecule has 0 saturated carbocycles. The number of aromatic amines is 1. The van der Waals surface area contributed by atoms with Gasteiger partial charge >= 0.3 is 5.69 Å². The van der Waals surface area contributed by atoms with Crippen LogP contribution in [0.15, 0.2) is 102 Å². The number of piperidine rings is 1. The van der Waals surface area contributed by atoms with Crippen LogP contribution in [0.4, 0.5) is 5.69 Å². The number of imide groups is 1. The van der Waals surface area contributed by atoms with Crippen LogP contribution < -0.4 is 10.6 Å². The number of nitrogens with one attached hydrogen (secondary N) is 1. The Bertz CT molecular complexity index is 2030. The van der Waals surface area contributed by atoms with E-state index in [9.17, 15) is 19.5 Å². The van der Waals surface area contributed by atoms with Gasteiger partial charge in [0.05, 0.1) is 46.7 Å². The van der Waals surface area contributed by atoms with Crippen molar-refractivity contribution in [3.05, 3.63) is 135 Å². The molecular formula is C39H38N4O6. The molecule has 10 nitrogen and oxygen atoms in total. The lowest BCUT2D eigenvalue weighted by Gasteiger charge is -2.44. The highest BCUT2D eigenvalue weighted by Crippen LogP contribution is 2.43. The number of hydrogen-bond acceptors (Lipinski definition) is 7. The number of carbonyl (C=O) groups excluding carboxylic acids is 2. The van der Waals surface area contributed by atoms with Crippen molar-refractivity contribution >= 4 is 28.5 Å². The lowest BCUT2D eigenvalue weighted by atomic mass is 9.89. The van der Waals surface area contributed by atoms with Crippen molar-refractivity contribution in [1.29, 1.82) is 0 Å². The molecule has 49 heavy (non-hydrogen) atoms. The van der Waals surface area contributed by atoms with Crippen LogP contribution in [0, 0.1) is 5.92 Å². The van der Waals surface area contributed by atoms with Gasteiger partial charge in [-0.3, -0.25) is 14.2 Å². The Morgan fingerprint density at radius 2 is 1.41 bits per heavy atom. The lowest BCUT2D eigenvalue weighted by molar-refractivity contribution is -0.276. The average Bonchev–Trinajstić information content (AvgIpc) is 3.61. The first-order valence-electron chi connectivity index (χ1n) is 16.9. The normalized spacial score (nSPS) is 23.3. The number of imidazole rings is 1. The number of fused-ring (bicyclic) bond motifs is 2. The summed E-state index contributed by atoms with van der Waals surface area (Å²) in [5.74, 6) is -0.655. The molecule has 250 valence electrons. The van der Waals surface area contributed by atoms with Gasteiger partial charge in [0.25, 0.3) is 11.8 Å². The number of aromatic nitrogens is 2. The van der Waals surface area contributed by atoms with Gasteiger partial charge < -0.3 is 24.5 Å². The van der Waals surface area contributed by atoms with Crippen molar-refractivity contribution in [1.82, 2.24) is 14.5 Å². The number of para-hydroxylation sites is 2. The number of anilines is 1. The molecule has 10 heteroatoms. The molecule has 3 aliphatic heterocycles. The second kappa shape index (κ2) is 12.9. The molecule has 2 fully saturated rings. The van der Waals surface area contributed by atoms with Crippen molar-refractivity contribution in [2.24, 2.45) is 5.92 Å². The zero-order chi connectivity index (χ0) is 33.6. The molecule has 0 radical (unpaired) electrons. The summed E-state index contributed by atoms with van der Waals surface area (Å²) in [6.07, 6.45) is 0.601. The zero-order valence-electron chi connectivity index (χ0n) is 27.2. The Labute approximate surface area is 283 Å². The average molecular weight is 659 g/mol. The van der Waals surface area contributed by atoms with Crippen molar-refractivity contribution in [2.45, 2.75) is 50.9 Å². The van der Waals surface area contributed by atoms with Crippen molar-refractivity contribution in [3.63, 3.8) is 0 Å². The van der Waals surface area contributed by atoms with E-state index < -0.39 is 6.29 Å². The first kappa shape index (κ1) is 31.4. The SMILES string of the molecule is C[C@@H]1[C@H](CN2CCC(n3c(=O)[nH]c4ccccc43)CC2)O[C@H](c2ccc(N3C(=O)c4ccccc4C3=O)cc2)O[C@@H]1c1ccc(CO)cc1. The molecule has 5 aromatic rings. The quantitative estimate of drug-likeness (QED) is 0.214. The van der Waals surface area contributed by atoms with Crippen LogP contribution in [-0.2, 0) is 16.1 Å². The minimum Gasteiger partial charge on any atom is -0.392 e. The summed E-state index contributed by atoms with van der Waals surface area (Å²) in [4.78, 5) is 45.6. The fourth-order valence-electron chi connectivity index (χ4n) is 7.58. The van der Waals surface area contributed by atoms with Crippen LogP contribution in [0.3, 0.4) is 0 Å². The highest BCUT2D eigenvalue weighted by atomic mass is 16.7. The molecule has 2 saturated heterocycles. The minimum atomic E-state index is -0.678. The third-order valence-electron chi connectivity index (χ3n) is 10.3. The fraction of sp³-hybridized carbons (Fsp3) is 0.308. The molecule has 3 aliphatic rings. The number of benzene rings is 4. The van der Waals surface area contributed by atoms with Gasteiger partial charge in [-0.15, -0.1) is 0 Å². The van der Waals surface area contributed by atoms with E-state index in [1.807, 2.05) is 65.2 Å². The second-order valence-electron chi connectivity index (χ2n) is 13.3. The van der Waals surface area contributed by atoms with E-state index in [4.69, 9.17) is 9.47 Å². The molecule has 4 aromatic carbocycles. The topological polar surface area (TPSA) is 117 Å². The summed E-state index contributed by atoms with van der Waals surface area (Å²) in [5, 5.41) is 9.61. The largest absolute Gasteiger partial charge is 0.392 e. The van der Waals surface area contributed by atoms with Gasteiger partial charge in [-0.25, -0.2) is 9.69 Å². The molecule has 0 aliphatic carbocycles. The number of rotatable bonds is 7. The molecule has 2 amide bonds. The second-order valence-corrected chi connectivity index (χ2v) is 13.3. The zero-order valence-corrected chi connectivity index (χ0v) is 27.2. The Morgan fingerprint density at radius 3 is 2.08 bits per heavy atom. The number of carbonyl (C=O) groups is 2. The third kappa shape index (κ3) is 5.70. The molecule has 1 aromatic heterocycles. The van der Waals surface area contributed by atoms with E-state index in [1.165, 1.54) is 4.90 Å². The van der Waals surface area contributed by atoms with Crippen molar-refractivity contribution in [2.75, 3.05) is 24.5 Å². The molecule has 0 spiro atoms. The van der Waals surface area contributed by atoms with Gasteiger partial charge in [-0.1, -0.05) is 67.6 Å². The molecule has 2 N–H and O–H groups in total. The van der Waals surface area contributed by atoms with Crippen LogP contribution in [0.5, 0.6) is 0 Å². The lowest BCUT2D eigenvalue weighted by Crippen LogP contribution is -2.47. The number of amides is 2. The summed E-state index contributed by atoms with van der Waals surface area (Å²) in [5.41, 5.74) is 5.66. The molecule has 0 bridgehead atoms. The first-order valence-corrected chi connectivity index (χ1v) is 16.9. The van der Waals surface area contributed by atoms with E-state index in [1.54, 1.807) is 36.4 Å². The maximum absolute atomic E-state index is 13.1. The van der Waals surface area contributed by atoms with E-state index in [0.29, 0.717) is 23.4 Å². The van der Waals surface area contributed by atoms with Crippen LogP contribution in [-0.4, -0.2) is 57.1 Å². The van der Waals surface area contributed by atoms with Gasteiger partial charge in [0, 0.05) is 37.2 Å². The van der Waals surface area contributed by atoms with E-state index >= 15 is 0 Å². The van der Waals surface area contributed by atoms with Gasteiger partial charge in [0.2, 0.25) is 0 Å². The molecule has 4 heterocycles. The number of likely N-dealkylation sites (tertiary alicyclic amines) is 1. The summed E-state index contributed by atoms with van der Waals surface area (Å²) >= 11 is 0. The summed E-state index contributed by atoms with van der Waals surface area (Å²) < 4.78 is 15.3. The van der Waals surface area contributed by atoms with E-state index in [2.05, 4.69) is 16.8 Å². The highest BCUT2D eigenvalue weighted by Gasteiger charge is 2.40. The number of ether oxygens (including phenoxy) is 2. The van der Waals surface area contributed by atoms with E-state index in [-0.39, 0.29) is 48.3 Å². The van der Waals surface area contributed by atoms with E-state index in [0.717, 1.165) is 53.7 Å². The number of nitrogens with zero attached hydrogens (tertiary/aromatic N) is 3. The summed E-state index contributed by atoms with van der Waals surface area (Å²) in [6, 6.07) is 29.9. The van der Waals surface area contributed by atoms with Crippen LogP contribution in [0.2, 0.25) is 0 Å². The summed E-state index contributed by atoms with van der Waals surface area (Å²) in [6.45, 7) is 4.49. The monoisotopic (exact) mass is 658 g/mol. The number of H-pyrrole nitrogens is 1. The Kier molecular flexibility index (Phi) is 8.25. The maximum atomic E-state index is 13.1. The predicted molar refractivity (Wildman–Crippen MR) is 184 cm³/mol. The maximum Gasteiger partial charge on any atom is 0.326 e. The molecule has 0 unspecified atom stereocenters. The van der Waals surface area contributed by atoms with Gasteiger partial charge in [-0.2, -0.15) is 0 Å². The van der Waals surface area contributed by atoms with Crippen LogP contribution in [0.1, 0.15) is 75.6 Å². The summed E-state index contributed by atoms with van der Waals surface area (Å²) in [7, 11) is 0.